The van der Waals surface area contributed by atoms with Crippen molar-refractivity contribution in [2.24, 2.45) is 5.92 Å². The Morgan fingerprint density at radius 1 is 1.50 bits per heavy atom. The first kappa shape index (κ1) is 9.52. The molecule has 3 nitrogen and oxygen atoms in total. The highest BCUT2D eigenvalue weighted by atomic mass is 16.2. The fourth-order valence-corrected chi connectivity index (χ4v) is 1.32. The summed E-state index contributed by atoms with van der Waals surface area (Å²) in [6, 6.07) is 0. The first-order valence-corrected chi connectivity index (χ1v) is 4.61. The zero-order valence-corrected chi connectivity index (χ0v) is 7.97. The summed E-state index contributed by atoms with van der Waals surface area (Å²) in [6.07, 6.45) is 2.96. The van der Waals surface area contributed by atoms with E-state index in [-0.39, 0.29) is 5.91 Å². The Bertz CT molecular complexity index is 153. The van der Waals surface area contributed by atoms with E-state index in [9.17, 15) is 4.79 Å². The van der Waals surface area contributed by atoms with Crippen LogP contribution in [-0.2, 0) is 4.79 Å². The Kier molecular flexibility index (Phi) is 3.53. The van der Waals surface area contributed by atoms with Crippen molar-refractivity contribution in [2.75, 3.05) is 27.2 Å². The summed E-state index contributed by atoms with van der Waals surface area (Å²) in [5.41, 5.74) is 0. The minimum Gasteiger partial charge on any atom is -0.349 e. The molecule has 0 aromatic heterocycles. The minimum atomic E-state index is 0.252. The highest BCUT2D eigenvalue weighted by Gasteiger charge is 2.16. The molecule has 70 valence electrons. The molecule has 1 heterocycles. The van der Waals surface area contributed by atoms with Gasteiger partial charge in [-0.3, -0.25) is 4.79 Å². The highest BCUT2D eigenvalue weighted by molar-refractivity contribution is 5.75. The predicted octanol–water partition coefficient (Wildman–Crippen LogP) is 0.464. The third kappa shape index (κ3) is 2.81. The SMILES string of the molecule is CN(C)C(=O)CCCC1CNC1. The van der Waals surface area contributed by atoms with Crippen LogP contribution in [0.5, 0.6) is 0 Å². The van der Waals surface area contributed by atoms with E-state index in [0.29, 0.717) is 6.42 Å². The molecule has 1 aliphatic heterocycles. The van der Waals surface area contributed by atoms with Crippen LogP contribution >= 0.6 is 0 Å². The van der Waals surface area contributed by atoms with Crippen LogP contribution in [0.15, 0.2) is 0 Å². The zero-order chi connectivity index (χ0) is 8.97. The molecule has 0 unspecified atom stereocenters. The molecule has 0 bridgehead atoms. The van der Waals surface area contributed by atoms with Gasteiger partial charge in [0.2, 0.25) is 5.91 Å². The molecule has 1 aliphatic rings. The Morgan fingerprint density at radius 2 is 2.17 bits per heavy atom. The summed E-state index contributed by atoms with van der Waals surface area (Å²) in [6.45, 7) is 2.30. The van der Waals surface area contributed by atoms with Crippen LogP contribution < -0.4 is 5.32 Å². The van der Waals surface area contributed by atoms with Crippen molar-refractivity contribution in [3.05, 3.63) is 0 Å². The van der Waals surface area contributed by atoms with Crippen molar-refractivity contribution in [1.29, 1.82) is 0 Å². The molecule has 1 rings (SSSR count). The summed E-state index contributed by atoms with van der Waals surface area (Å²) < 4.78 is 0. The third-order valence-electron chi connectivity index (χ3n) is 2.37. The monoisotopic (exact) mass is 170 g/mol. The molecule has 12 heavy (non-hydrogen) atoms. The lowest BCUT2D eigenvalue weighted by Crippen LogP contribution is -2.41. The number of nitrogens with zero attached hydrogens (tertiary/aromatic N) is 1. The van der Waals surface area contributed by atoms with Gasteiger partial charge >= 0.3 is 0 Å². The molecular weight excluding hydrogens is 152 g/mol. The van der Waals surface area contributed by atoms with Crippen molar-refractivity contribution < 1.29 is 4.79 Å². The molecule has 0 atom stereocenters. The predicted molar refractivity (Wildman–Crippen MR) is 48.9 cm³/mol. The number of nitrogens with one attached hydrogen (secondary N) is 1. The van der Waals surface area contributed by atoms with Gasteiger partial charge in [0, 0.05) is 20.5 Å². The van der Waals surface area contributed by atoms with Gasteiger partial charge < -0.3 is 10.2 Å². The van der Waals surface area contributed by atoms with Gasteiger partial charge in [-0.25, -0.2) is 0 Å². The summed E-state index contributed by atoms with van der Waals surface area (Å²) in [5.74, 6) is 1.09. The van der Waals surface area contributed by atoms with E-state index in [4.69, 9.17) is 0 Å². The normalized spacial score (nSPS) is 17.2. The van der Waals surface area contributed by atoms with Gasteiger partial charge in [-0.15, -0.1) is 0 Å². The standard InChI is InChI=1S/C9H18N2O/c1-11(2)9(12)5-3-4-8-6-10-7-8/h8,10H,3-7H2,1-2H3. The number of hydrogen-bond acceptors (Lipinski definition) is 2. The van der Waals surface area contributed by atoms with E-state index in [1.54, 1.807) is 4.90 Å². The Hall–Kier alpha value is -0.570. The van der Waals surface area contributed by atoms with E-state index in [0.717, 1.165) is 25.4 Å². The Morgan fingerprint density at radius 3 is 2.58 bits per heavy atom. The molecule has 0 saturated carbocycles. The third-order valence-corrected chi connectivity index (χ3v) is 2.37. The van der Waals surface area contributed by atoms with E-state index in [1.807, 2.05) is 14.1 Å². The van der Waals surface area contributed by atoms with Gasteiger partial charge in [-0.05, 0) is 31.8 Å². The van der Waals surface area contributed by atoms with Gasteiger partial charge in [0.05, 0.1) is 0 Å². The van der Waals surface area contributed by atoms with Crippen molar-refractivity contribution in [3.8, 4) is 0 Å². The summed E-state index contributed by atoms with van der Waals surface area (Å²) in [4.78, 5) is 12.8. The average Bonchev–Trinajstić information content (AvgIpc) is 1.93. The van der Waals surface area contributed by atoms with Crippen molar-refractivity contribution >= 4 is 5.91 Å². The van der Waals surface area contributed by atoms with Crippen LogP contribution in [0.25, 0.3) is 0 Å². The Labute approximate surface area is 74.1 Å². The van der Waals surface area contributed by atoms with Gasteiger partial charge in [0.1, 0.15) is 0 Å². The highest BCUT2D eigenvalue weighted by Crippen LogP contribution is 2.12. The summed E-state index contributed by atoms with van der Waals surface area (Å²) in [7, 11) is 3.63. The smallest absolute Gasteiger partial charge is 0.222 e. The lowest BCUT2D eigenvalue weighted by atomic mass is 9.96. The van der Waals surface area contributed by atoms with Gasteiger partial charge in [-0.1, -0.05) is 0 Å². The van der Waals surface area contributed by atoms with E-state index in [2.05, 4.69) is 5.32 Å². The fourth-order valence-electron chi connectivity index (χ4n) is 1.32. The van der Waals surface area contributed by atoms with Crippen LogP contribution in [0.4, 0.5) is 0 Å². The molecular formula is C9H18N2O. The minimum absolute atomic E-state index is 0.252. The molecule has 1 saturated heterocycles. The van der Waals surface area contributed by atoms with E-state index < -0.39 is 0 Å². The second-order valence-electron chi connectivity index (χ2n) is 3.70. The number of carbonyl (C=O) groups excluding carboxylic acids is 1. The molecule has 0 aromatic carbocycles. The fraction of sp³-hybridized carbons (Fsp3) is 0.889. The first-order valence-electron chi connectivity index (χ1n) is 4.61. The van der Waals surface area contributed by atoms with Crippen LogP contribution in [0.1, 0.15) is 19.3 Å². The maximum atomic E-state index is 11.1. The summed E-state index contributed by atoms with van der Waals surface area (Å²) in [5, 5.41) is 3.23. The Balaban J connectivity index is 1.97. The van der Waals surface area contributed by atoms with Crippen molar-refractivity contribution in [3.63, 3.8) is 0 Å². The maximum Gasteiger partial charge on any atom is 0.222 e. The molecule has 0 aromatic rings. The van der Waals surface area contributed by atoms with Gasteiger partial charge in [0.15, 0.2) is 0 Å². The molecule has 0 aliphatic carbocycles. The van der Waals surface area contributed by atoms with Gasteiger partial charge in [-0.2, -0.15) is 0 Å². The molecule has 0 spiro atoms. The molecule has 1 amide bonds. The maximum absolute atomic E-state index is 11.1. The second-order valence-corrected chi connectivity index (χ2v) is 3.70. The lowest BCUT2D eigenvalue weighted by Gasteiger charge is -2.26. The average molecular weight is 170 g/mol. The van der Waals surface area contributed by atoms with Crippen molar-refractivity contribution in [1.82, 2.24) is 10.2 Å². The van der Waals surface area contributed by atoms with Crippen LogP contribution in [0, 0.1) is 5.92 Å². The van der Waals surface area contributed by atoms with E-state index >= 15 is 0 Å². The first-order chi connectivity index (χ1) is 5.70. The van der Waals surface area contributed by atoms with Crippen LogP contribution in [0.2, 0.25) is 0 Å². The van der Waals surface area contributed by atoms with Crippen LogP contribution in [-0.4, -0.2) is 38.0 Å². The second kappa shape index (κ2) is 4.45. The topological polar surface area (TPSA) is 32.3 Å². The zero-order valence-electron chi connectivity index (χ0n) is 7.97. The molecule has 0 radical (unpaired) electrons. The number of carbonyl (C=O) groups is 1. The summed E-state index contributed by atoms with van der Waals surface area (Å²) >= 11 is 0. The lowest BCUT2D eigenvalue weighted by molar-refractivity contribution is -0.128. The number of rotatable bonds is 4. The van der Waals surface area contributed by atoms with Crippen LogP contribution in [0.3, 0.4) is 0 Å². The van der Waals surface area contributed by atoms with Crippen molar-refractivity contribution in [2.45, 2.75) is 19.3 Å². The quantitative estimate of drug-likeness (QED) is 0.665. The molecule has 3 heteroatoms. The number of hydrogen-bond donors (Lipinski definition) is 1. The molecule has 1 fully saturated rings. The largest absolute Gasteiger partial charge is 0.349 e. The van der Waals surface area contributed by atoms with Gasteiger partial charge in [0.25, 0.3) is 0 Å². The van der Waals surface area contributed by atoms with E-state index in [1.165, 1.54) is 6.42 Å². The molecule has 1 N–H and O–H groups in total. The number of amides is 1.